The average molecular weight is 256 g/mol. The molecule has 0 amide bonds. The monoisotopic (exact) mass is 256 g/mol. The van der Waals surface area contributed by atoms with Gasteiger partial charge in [0.2, 0.25) is 0 Å². The van der Waals surface area contributed by atoms with Gasteiger partial charge in [-0.05, 0) is 23.8 Å². The highest BCUT2D eigenvalue weighted by atomic mass is 16.5. The largest absolute Gasteiger partial charge is 0.493 e. The molecular weight excluding hydrogens is 240 g/mol. The summed E-state index contributed by atoms with van der Waals surface area (Å²) < 4.78 is 11.2. The lowest BCUT2D eigenvalue weighted by Crippen LogP contribution is -2.13. The maximum absolute atomic E-state index is 9.94. The smallest absolute Gasteiger partial charge is 0.125 e. The van der Waals surface area contributed by atoms with Crippen LogP contribution in [0.5, 0.6) is 11.5 Å². The quantitative estimate of drug-likeness (QED) is 0.917. The van der Waals surface area contributed by atoms with Crippen LogP contribution in [0, 0.1) is 0 Å². The van der Waals surface area contributed by atoms with Crippen LogP contribution in [0.3, 0.4) is 0 Å². The van der Waals surface area contributed by atoms with E-state index in [9.17, 15) is 5.11 Å². The van der Waals surface area contributed by atoms with Crippen molar-refractivity contribution in [1.29, 1.82) is 0 Å². The van der Waals surface area contributed by atoms with Gasteiger partial charge < -0.3 is 14.6 Å². The van der Waals surface area contributed by atoms with Gasteiger partial charge in [-0.3, -0.25) is 0 Å². The summed E-state index contributed by atoms with van der Waals surface area (Å²) in [7, 11) is 0. The molecule has 1 heterocycles. The summed E-state index contributed by atoms with van der Waals surface area (Å²) in [6.45, 7) is 1.09. The van der Waals surface area contributed by atoms with Gasteiger partial charge >= 0.3 is 0 Å². The molecule has 0 fully saturated rings. The van der Waals surface area contributed by atoms with E-state index in [2.05, 4.69) is 0 Å². The third-order valence-electron chi connectivity index (χ3n) is 3.24. The standard InChI is InChI=1S/C16H16O3/c17-15-8-9-18-16-7-6-13(10-14(15)16)19-11-12-4-2-1-3-5-12/h1-7,10,15,17H,8-9,11H2/t15-/m0/s1. The highest BCUT2D eigenvalue weighted by molar-refractivity contribution is 5.42. The van der Waals surface area contributed by atoms with Crippen molar-refractivity contribution in [3.05, 3.63) is 59.7 Å². The second kappa shape index (κ2) is 5.33. The molecule has 1 aliphatic rings. The van der Waals surface area contributed by atoms with Crippen LogP contribution in [0.4, 0.5) is 0 Å². The minimum atomic E-state index is -0.455. The van der Waals surface area contributed by atoms with E-state index in [0.717, 1.165) is 22.6 Å². The molecule has 2 aromatic carbocycles. The second-order valence-corrected chi connectivity index (χ2v) is 4.63. The summed E-state index contributed by atoms with van der Waals surface area (Å²) in [6, 6.07) is 15.6. The molecule has 0 saturated carbocycles. The van der Waals surface area contributed by atoms with Gasteiger partial charge in [0, 0.05) is 12.0 Å². The molecule has 0 aromatic heterocycles. The van der Waals surface area contributed by atoms with Crippen molar-refractivity contribution < 1.29 is 14.6 Å². The fraction of sp³-hybridized carbons (Fsp3) is 0.250. The van der Waals surface area contributed by atoms with Gasteiger partial charge in [-0.1, -0.05) is 30.3 Å². The zero-order valence-electron chi connectivity index (χ0n) is 10.6. The van der Waals surface area contributed by atoms with Crippen molar-refractivity contribution in [3.63, 3.8) is 0 Å². The molecule has 3 heteroatoms. The third-order valence-corrected chi connectivity index (χ3v) is 3.24. The van der Waals surface area contributed by atoms with Crippen molar-refractivity contribution in [2.75, 3.05) is 6.61 Å². The van der Waals surface area contributed by atoms with Gasteiger partial charge in [-0.2, -0.15) is 0 Å². The summed E-state index contributed by atoms with van der Waals surface area (Å²) in [5.74, 6) is 1.51. The van der Waals surface area contributed by atoms with Gasteiger partial charge in [-0.15, -0.1) is 0 Å². The molecular formula is C16H16O3. The van der Waals surface area contributed by atoms with Gasteiger partial charge in [0.1, 0.15) is 18.1 Å². The first-order chi connectivity index (χ1) is 9.33. The van der Waals surface area contributed by atoms with Gasteiger partial charge in [-0.25, -0.2) is 0 Å². The van der Waals surface area contributed by atoms with E-state index in [4.69, 9.17) is 9.47 Å². The molecule has 3 rings (SSSR count). The van der Waals surface area contributed by atoms with E-state index in [1.54, 1.807) is 0 Å². The first-order valence-electron chi connectivity index (χ1n) is 6.44. The Labute approximate surface area is 112 Å². The Bertz CT molecular complexity index is 551. The van der Waals surface area contributed by atoms with Crippen LogP contribution in [0.15, 0.2) is 48.5 Å². The summed E-state index contributed by atoms with van der Waals surface area (Å²) >= 11 is 0. The molecule has 3 nitrogen and oxygen atoms in total. The molecule has 0 spiro atoms. The molecule has 0 bridgehead atoms. The Hall–Kier alpha value is -2.00. The van der Waals surface area contributed by atoms with Crippen LogP contribution >= 0.6 is 0 Å². The number of hydrogen-bond donors (Lipinski definition) is 1. The molecule has 2 aromatic rings. The summed E-state index contributed by atoms with van der Waals surface area (Å²) in [5.41, 5.74) is 1.94. The predicted molar refractivity (Wildman–Crippen MR) is 72.3 cm³/mol. The maximum atomic E-state index is 9.94. The topological polar surface area (TPSA) is 38.7 Å². The van der Waals surface area contributed by atoms with E-state index < -0.39 is 6.10 Å². The average Bonchev–Trinajstić information content (AvgIpc) is 2.47. The predicted octanol–water partition coefficient (Wildman–Crippen LogP) is 3.08. The van der Waals surface area contributed by atoms with Crippen LogP contribution in [0.2, 0.25) is 0 Å². The van der Waals surface area contributed by atoms with Crippen molar-refractivity contribution >= 4 is 0 Å². The zero-order valence-corrected chi connectivity index (χ0v) is 10.6. The van der Waals surface area contributed by atoms with E-state index in [-0.39, 0.29) is 0 Å². The lowest BCUT2D eigenvalue weighted by Gasteiger charge is -2.22. The molecule has 1 aliphatic heterocycles. The lowest BCUT2D eigenvalue weighted by atomic mass is 10.0. The Morgan fingerprint density at radius 3 is 2.84 bits per heavy atom. The fourth-order valence-electron chi connectivity index (χ4n) is 2.19. The molecule has 19 heavy (non-hydrogen) atoms. The minimum Gasteiger partial charge on any atom is -0.493 e. The highest BCUT2D eigenvalue weighted by Crippen LogP contribution is 2.34. The minimum absolute atomic E-state index is 0.455. The van der Waals surface area contributed by atoms with Crippen molar-refractivity contribution in [1.82, 2.24) is 0 Å². The SMILES string of the molecule is O[C@H]1CCOc2ccc(OCc3ccccc3)cc21. The molecule has 1 N–H and O–H groups in total. The van der Waals surface area contributed by atoms with Crippen LogP contribution in [-0.2, 0) is 6.61 Å². The van der Waals surface area contributed by atoms with Crippen LogP contribution in [0.1, 0.15) is 23.7 Å². The van der Waals surface area contributed by atoms with Crippen molar-refractivity contribution in [2.24, 2.45) is 0 Å². The van der Waals surface area contributed by atoms with E-state index >= 15 is 0 Å². The second-order valence-electron chi connectivity index (χ2n) is 4.63. The number of rotatable bonds is 3. The normalized spacial score (nSPS) is 17.4. The number of aliphatic hydroxyl groups excluding tert-OH is 1. The molecule has 0 radical (unpaired) electrons. The van der Waals surface area contributed by atoms with E-state index in [1.165, 1.54) is 0 Å². The highest BCUT2D eigenvalue weighted by Gasteiger charge is 2.19. The maximum Gasteiger partial charge on any atom is 0.125 e. The van der Waals surface area contributed by atoms with E-state index in [0.29, 0.717) is 19.6 Å². The number of hydrogen-bond acceptors (Lipinski definition) is 3. The van der Waals surface area contributed by atoms with E-state index in [1.807, 2.05) is 48.5 Å². The van der Waals surface area contributed by atoms with Gasteiger partial charge in [0.25, 0.3) is 0 Å². The molecule has 0 unspecified atom stereocenters. The number of benzene rings is 2. The van der Waals surface area contributed by atoms with Crippen molar-refractivity contribution in [2.45, 2.75) is 19.1 Å². The summed E-state index contributed by atoms with van der Waals surface area (Å²) in [6.07, 6.45) is 0.179. The van der Waals surface area contributed by atoms with Crippen LogP contribution in [-0.4, -0.2) is 11.7 Å². The Morgan fingerprint density at radius 1 is 1.16 bits per heavy atom. The van der Waals surface area contributed by atoms with Crippen molar-refractivity contribution in [3.8, 4) is 11.5 Å². The molecule has 1 atom stereocenters. The summed E-state index contributed by atoms with van der Waals surface area (Å²) in [5, 5.41) is 9.94. The summed E-state index contributed by atoms with van der Waals surface area (Å²) in [4.78, 5) is 0. The molecule has 98 valence electrons. The zero-order chi connectivity index (χ0) is 13.1. The first-order valence-corrected chi connectivity index (χ1v) is 6.44. The lowest BCUT2D eigenvalue weighted by molar-refractivity contribution is 0.115. The Balaban J connectivity index is 1.74. The van der Waals surface area contributed by atoms with Crippen LogP contribution < -0.4 is 9.47 Å². The molecule has 0 aliphatic carbocycles. The first kappa shape index (κ1) is 12.1. The number of aliphatic hydroxyl groups is 1. The van der Waals surface area contributed by atoms with Gasteiger partial charge in [0.05, 0.1) is 12.7 Å². The van der Waals surface area contributed by atoms with Gasteiger partial charge in [0.15, 0.2) is 0 Å². The number of ether oxygens (including phenoxy) is 2. The third kappa shape index (κ3) is 2.71. The number of fused-ring (bicyclic) bond motifs is 1. The van der Waals surface area contributed by atoms with Crippen LogP contribution in [0.25, 0.3) is 0 Å². The Morgan fingerprint density at radius 2 is 2.00 bits per heavy atom. The fourth-order valence-corrected chi connectivity index (χ4v) is 2.19. The molecule has 0 saturated heterocycles. The Kier molecular flexibility index (Phi) is 3.38.